The first-order valence-electron chi connectivity index (χ1n) is 6.55. The van der Waals surface area contributed by atoms with E-state index in [-0.39, 0.29) is 12.6 Å². The number of rotatable bonds is 5. The first-order chi connectivity index (χ1) is 8.79. The van der Waals surface area contributed by atoms with Gasteiger partial charge in [0, 0.05) is 31.4 Å². The molecule has 1 saturated heterocycles. The molecule has 2 rings (SSSR count). The highest BCUT2D eigenvalue weighted by atomic mass is 16.5. The lowest BCUT2D eigenvalue weighted by Crippen LogP contribution is -2.36. The van der Waals surface area contributed by atoms with Crippen LogP contribution < -0.4 is 10.2 Å². The van der Waals surface area contributed by atoms with E-state index in [1.165, 1.54) is 11.3 Å². The smallest absolute Gasteiger partial charge is 0.0642 e. The molecule has 1 aromatic rings. The highest BCUT2D eigenvalue weighted by Gasteiger charge is 2.10. The summed E-state index contributed by atoms with van der Waals surface area (Å²) >= 11 is 0. The molecule has 1 aliphatic heterocycles. The van der Waals surface area contributed by atoms with Crippen LogP contribution in [0.3, 0.4) is 0 Å². The minimum Gasteiger partial charge on any atom is -0.395 e. The van der Waals surface area contributed by atoms with Gasteiger partial charge < -0.3 is 20.1 Å². The molecule has 1 heterocycles. The van der Waals surface area contributed by atoms with Crippen LogP contribution in [0.4, 0.5) is 5.69 Å². The zero-order valence-corrected chi connectivity index (χ0v) is 10.9. The quantitative estimate of drug-likeness (QED) is 0.818. The van der Waals surface area contributed by atoms with Gasteiger partial charge in [0.1, 0.15) is 0 Å². The van der Waals surface area contributed by atoms with Gasteiger partial charge >= 0.3 is 0 Å². The fourth-order valence-electron chi connectivity index (χ4n) is 2.00. The summed E-state index contributed by atoms with van der Waals surface area (Å²) < 4.78 is 5.35. The maximum absolute atomic E-state index is 8.95. The van der Waals surface area contributed by atoms with E-state index in [2.05, 4.69) is 34.5 Å². The Balaban J connectivity index is 1.88. The molecule has 1 aliphatic rings. The number of ether oxygens (including phenoxy) is 1. The molecule has 4 nitrogen and oxygen atoms in total. The van der Waals surface area contributed by atoms with Crippen LogP contribution in [0, 0.1) is 0 Å². The normalized spacial score (nSPS) is 17.8. The average Bonchev–Trinajstić information content (AvgIpc) is 2.46. The second-order valence-electron chi connectivity index (χ2n) is 4.73. The van der Waals surface area contributed by atoms with Crippen molar-refractivity contribution in [3.63, 3.8) is 0 Å². The van der Waals surface area contributed by atoms with Gasteiger partial charge in [-0.05, 0) is 24.6 Å². The number of anilines is 1. The number of hydrogen-bond donors (Lipinski definition) is 2. The molecular weight excluding hydrogens is 228 g/mol. The molecule has 0 unspecified atom stereocenters. The van der Waals surface area contributed by atoms with Crippen LogP contribution in [0.2, 0.25) is 0 Å². The predicted molar refractivity (Wildman–Crippen MR) is 72.9 cm³/mol. The number of nitrogens with one attached hydrogen (secondary N) is 1. The first-order valence-corrected chi connectivity index (χ1v) is 6.55. The van der Waals surface area contributed by atoms with Crippen LogP contribution in [0.5, 0.6) is 0 Å². The molecule has 0 bridgehead atoms. The Bertz CT molecular complexity index is 347. The third kappa shape index (κ3) is 3.70. The zero-order chi connectivity index (χ0) is 12.8. The van der Waals surface area contributed by atoms with E-state index in [0.717, 1.165) is 32.8 Å². The third-order valence-electron chi connectivity index (χ3n) is 3.24. The van der Waals surface area contributed by atoms with E-state index in [1.54, 1.807) is 0 Å². The third-order valence-corrected chi connectivity index (χ3v) is 3.24. The van der Waals surface area contributed by atoms with Gasteiger partial charge in [0.05, 0.1) is 19.8 Å². The minimum absolute atomic E-state index is 0.143. The molecule has 0 aromatic heterocycles. The van der Waals surface area contributed by atoms with Crippen molar-refractivity contribution >= 4 is 5.69 Å². The SMILES string of the molecule is C[C@H](CO)NCc1ccc(N2CCOCC2)cc1. The van der Waals surface area contributed by atoms with E-state index >= 15 is 0 Å². The summed E-state index contributed by atoms with van der Waals surface area (Å²) in [4.78, 5) is 2.34. The van der Waals surface area contributed by atoms with E-state index < -0.39 is 0 Å². The van der Waals surface area contributed by atoms with Crippen LogP contribution in [0.15, 0.2) is 24.3 Å². The van der Waals surface area contributed by atoms with Gasteiger partial charge in [0.2, 0.25) is 0 Å². The Labute approximate surface area is 109 Å². The summed E-state index contributed by atoms with van der Waals surface area (Å²) in [6, 6.07) is 8.74. The van der Waals surface area contributed by atoms with Gasteiger partial charge in [0.25, 0.3) is 0 Å². The van der Waals surface area contributed by atoms with Crippen molar-refractivity contribution in [1.29, 1.82) is 0 Å². The molecule has 18 heavy (non-hydrogen) atoms. The molecule has 0 radical (unpaired) electrons. The van der Waals surface area contributed by atoms with Crippen molar-refractivity contribution < 1.29 is 9.84 Å². The van der Waals surface area contributed by atoms with Gasteiger partial charge in [-0.1, -0.05) is 12.1 Å². The van der Waals surface area contributed by atoms with Crippen molar-refractivity contribution in [2.45, 2.75) is 19.5 Å². The van der Waals surface area contributed by atoms with E-state index in [9.17, 15) is 0 Å². The predicted octanol–water partition coefficient (Wildman–Crippen LogP) is 0.994. The maximum atomic E-state index is 8.95. The molecule has 1 atom stereocenters. The fraction of sp³-hybridized carbons (Fsp3) is 0.571. The molecule has 2 N–H and O–H groups in total. The molecule has 1 aromatic carbocycles. The molecule has 1 fully saturated rings. The molecule has 0 saturated carbocycles. The van der Waals surface area contributed by atoms with Crippen molar-refractivity contribution in [1.82, 2.24) is 5.32 Å². The fourth-order valence-corrected chi connectivity index (χ4v) is 2.00. The molecule has 0 spiro atoms. The van der Waals surface area contributed by atoms with Crippen LogP contribution in [-0.2, 0) is 11.3 Å². The number of nitrogens with zero attached hydrogens (tertiary/aromatic N) is 1. The number of aliphatic hydroxyl groups excluding tert-OH is 1. The zero-order valence-electron chi connectivity index (χ0n) is 10.9. The summed E-state index contributed by atoms with van der Waals surface area (Å²) in [5, 5.41) is 12.2. The molecular formula is C14H22N2O2. The Morgan fingerprint density at radius 1 is 1.28 bits per heavy atom. The summed E-state index contributed by atoms with van der Waals surface area (Å²) in [6.07, 6.45) is 0. The Hall–Kier alpha value is -1.10. The van der Waals surface area contributed by atoms with Crippen molar-refractivity contribution in [3.8, 4) is 0 Å². The molecule has 100 valence electrons. The lowest BCUT2D eigenvalue weighted by atomic mass is 10.2. The molecule has 0 amide bonds. The Morgan fingerprint density at radius 2 is 1.94 bits per heavy atom. The van der Waals surface area contributed by atoms with Gasteiger partial charge in [-0.3, -0.25) is 0 Å². The van der Waals surface area contributed by atoms with Crippen LogP contribution in [-0.4, -0.2) is 44.1 Å². The van der Waals surface area contributed by atoms with E-state index in [1.807, 2.05) is 6.92 Å². The standard InChI is InChI=1S/C14H22N2O2/c1-12(11-17)15-10-13-2-4-14(5-3-13)16-6-8-18-9-7-16/h2-5,12,15,17H,6-11H2,1H3/t12-/m1/s1. The van der Waals surface area contributed by atoms with Gasteiger partial charge in [-0.25, -0.2) is 0 Å². The second-order valence-corrected chi connectivity index (χ2v) is 4.73. The topological polar surface area (TPSA) is 44.7 Å². The molecule has 4 heteroatoms. The lowest BCUT2D eigenvalue weighted by molar-refractivity contribution is 0.122. The summed E-state index contributed by atoms with van der Waals surface area (Å²) in [6.45, 7) is 6.52. The highest BCUT2D eigenvalue weighted by Crippen LogP contribution is 2.16. The van der Waals surface area contributed by atoms with Crippen LogP contribution in [0.1, 0.15) is 12.5 Å². The Morgan fingerprint density at radius 3 is 2.56 bits per heavy atom. The number of benzene rings is 1. The van der Waals surface area contributed by atoms with Crippen molar-refractivity contribution in [2.24, 2.45) is 0 Å². The van der Waals surface area contributed by atoms with Gasteiger partial charge in [-0.15, -0.1) is 0 Å². The monoisotopic (exact) mass is 250 g/mol. The summed E-state index contributed by atoms with van der Waals surface area (Å²) in [5.41, 5.74) is 2.50. The van der Waals surface area contributed by atoms with Crippen LogP contribution in [0.25, 0.3) is 0 Å². The largest absolute Gasteiger partial charge is 0.395 e. The maximum Gasteiger partial charge on any atom is 0.0642 e. The second kappa shape index (κ2) is 6.73. The number of aliphatic hydroxyl groups is 1. The lowest BCUT2D eigenvalue weighted by Gasteiger charge is -2.29. The van der Waals surface area contributed by atoms with E-state index in [4.69, 9.17) is 9.84 Å². The Kier molecular flexibility index (Phi) is 4.99. The van der Waals surface area contributed by atoms with Gasteiger partial charge in [0.15, 0.2) is 0 Å². The number of hydrogen-bond acceptors (Lipinski definition) is 4. The van der Waals surface area contributed by atoms with Gasteiger partial charge in [-0.2, -0.15) is 0 Å². The van der Waals surface area contributed by atoms with E-state index in [0.29, 0.717) is 0 Å². The minimum atomic E-state index is 0.143. The summed E-state index contributed by atoms with van der Waals surface area (Å²) in [7, 11) is 0. The van der Waals surface area contributed by atoms with Crippen molar-refractivity contribution in [3.05, 3.63) is 29.8 Å². The van der Waals surface area contributed by atoms with Crippen molar-refractivity contribution in [2.75, 3.05) is 37.8 Å². The number of morpholine rings is 1. The summed E-state index contributed by atoms with van der Waals surface area (Å²) in [5.74, 6) is 0. The highest BCUT2D eigenvalue weighted by molar-refractivity contribution is 5.47. The first kappa shape index (κ1) is 13.3. The molecule has 0 aliphatic carbocycles. The average molecular weight is 250 g/mol. The van der Waals surface area contributed by atoms with Crippen LogP contribution >= 0.6 is 0 Å².